The molecule has 0 aromatic heterocycles. The molecular formula is C10H11BrO. The Kier molecular flexibility index (Phi) is 3.04. The molecular weight excluding hydrogens is 216 g/mol. The standard InChI is InChI=1S/C10H11BrO/c1-7-3-9(6-12)4-8(2)10(7)5-11/h3-4,6H,5H2,1-2H3. The summed E-state index contributed by atoms with van der Waals surface area (Å²) in [5.41, 5.74) is 4.39. The lowest BCUT2D eigenvalue weighted by atomic mass is 10.0. The summed E-state index contributed by atoms with van der Waals surface area (Å²) >= 11 is 3.42. The molecule has 0 unspecified atom stereocenters. The van der Waals surface area contributed by atoms with Crippen molar-refractivity contribution in [2.75, 3.05) is 0 Å². The van der Waals surface area contributed by atoms with Crippen LogP contribution >= 0.6 is 15.9 Å². The smallest absolute Gasteiger partial charge is 0.150 e. The number of hydrogen-bond donors (Lipinski definition) is 0. The predicted molar refractivity (Wildman–Crippen MR) is 53.9 cm³/mol. The Hall–Kier alpha value is -0.630. The van der Waals surface area contributed by atoms with E-state index in [0.717, 1.165) is 17.2 Å². The summed E-state index contributed by atoms with van der Waals surface area (Å²) in [5, 5.41) is 0.851. The van der Waals surface area contributed by atoms with Gasteiger partial charge in [0.25, 0.3) is 0 Å². The molecule has 1 nitrogen and oxygen atoms in total. The quantitative estimate of drug-likeness (QED) is 0.560. The molecule has 0 atom stereocenters. The Balaban J connectivity index is 3.27. The molecule has 0 bridgehead atoms. The number of carbonyl (C=O) groups is 1. The number of halogens is 1. The first-order valence-corrected chi connectivity index (χ1v) is 4.92. The van der Waals surface area contributed by atoms with E-state index in [1.807, 2.05) is 26.0 Å². The minimum Gasteiger partial charge on any atom is -0.298 e. The molecule has 0 N–H and O–H groups in total. The van der Waals surface area contributed by atoms with Crippen molar-refractivity contribution in [1.29, 1.82) is 0 Å². The summed E-state index contributed by atoms with van der Waals surface area (Å²) in [6.45, 7) is 4.05. The van der Waals surface area contributed by atoms with Gasteiger partial charge < -0.3 is 0 Å². The molecule has 1 aromatic rings. The molecule has 0 heterocycles. The van der Waals surface area contributed by atoms with Gasteiger partial charge in [0.05, 0.1) is 0 Å². The topological polar surface area (TPSA) is 17.1 Å². The summed E-state index contributed by atoms with van der Waals surface area (Å²) < 4.78 is 0. The zero-order valence-electron chi connectivity index (χ0n) is 7.23. The van der Waals surface area contributed by atoms with Gasteiger partial charge in [0, 0.05) is 10.9 Å². The second-order valence-electron chi connectivity index (χ2n) is 2.88. The van der Waals surface area contributed by atoms with Crippen molar-refractivity contribution in [3.05, 3.63) is 34.4 Å². The molecule has 64 valence electrons. The Morgan fingerprint density at radius 3 is 2.17 bits per heavy atom. The van der Waals surface area contributed by atoms with Crippen molar-refractivity contribution in [1.82, 2.24) is 0 Å². The van der Waals surface area contributed by atoms with Gasteiger partial charge in [-0.15, -0.1) is 0 Å². The van der Waals surface area contributed by atoms with Gasteiger partial charge in [-0.25, -0.2) is 0 Å². The van der Waals surface area contributed by atoms with Crippen LogP contribution in [0.2, 0.25) is 0 Å². The third-order valence-corrected chi connectivity index (χ3v) is 2.55. The first-order valence-electron chi connectivity index (χ1n) is 3.80. The maximum atomic E-state index is 10.5. The SMILES string of the molecule is Cc1cc(C=O)cc(C)c1CBr. The van der Waals surface area contributed by atoms with Gasteiger partial charge in [-0.05, 0) is 42.7 Å². The molecule has 0 radical (unpaired) electrons. The molecule has 0 saturated carbocycles. The Morgan fingerprint density at radius 1 is 1.33 bits per heavy atom. The lowest BCUT2D eigenvalue weighted by Gasteiger charge is -2.06. The van der Waals surface area contributed by atoms with Crippen LogP contribution in [0.1, 0.15) is 27.0 Å². The van der Waals surface area contributed by atoms with Crippen LogP contribution in [0.3, 0.4) is 0 Å². The number of aryl methyl sites for hydroxylation is 2. The molecule has 0 aliphatic rings. The van der Waals surface area contributed by atoms with E-state index in [4.69, 9.17) is 0 Å². The lowest BCUT2D eigenvalue weighted by Crippen LogP contribution is -1.92. The van der Waals surface area contributed by atoms with Crippen molar-refractivity contribution < 1.29 is 4.79 Å². The van der Waals surface area contributed by atoms with Crippen molar-refractivity contribution in [3.8, 4) is 0 Å². The Labute approximate surface area is 80.9 Å². The average Bonchev–Trinajstić information content (AvgIpc) is 2.03. The second kappa shape index (κ2) is 3.85. The first-order chi connectivity index (χ1) is 5.69. The molecule has 0 aliphatic carbocycles. The first kappa shape index (κ1) is 9.46. The summed E-state index contributed by atoms with van der Waals surface area (Å²) in [6, 6.07) is 3.83. The number of carbonyl (C=O) groups excluding carboxylic acids is 1. The van der Waals surface area contributed by atoms with Crippen molar-refractivity contribution >= 4 is 22.2 Å². The third-order valence-electron chi connectivity index (χ3n) is 1.99. The van der Waals surface area contributed by atoms with E-state index in [0.29, 0.717) is 0 Å². The fourth-order valence-electron chi connectivity index (χ4n) is 1.31. The minimum absolute atomic E-state index is 0.759. The normalized spacial score (nSPS) is 9.92. The van der Waals surface area contributed by atoms with Gasteiger partial charge in [0.1, 0.15) is 6.29 Å². The van der Waals surface area contributed by atoms with Crippen LogP contribution in [0.15, 0.2) is 12.1 Å². The molecule has 0 aliphatic heterocycles. The summed E-state index contributed by atoms with van der Waals surface area (Å²) in [7, 11) is 0. The van der Waals surface area contributed by atoms with Gasteiger partial charge in [-0.2, -0.15) is 0 Å². The van der Waals surface area contributed by atoms with Crippen LogP contribution < -0.4 is 0 Å². The number of benzene rings is 1. The van der Waals surface area contributed by atoms with E-state index < -0.39 is 0 Å². The molecule has 2 heteroatoms. The summed E-state index contributed by atoms with van der Waals surface area (Å²) in [6.07, 6.45) is 0.887. The highest BCUT2D eigenvalue weighted by Gasteiger charge is 2.02. The monoisotopic (exact) mass is 226 g/mol. The van der Waals surface area contributed by atoms with E-state index in [-0.39, 0.29) is 0 Å². The van der Waals surface area contributed by atoms with E-state index >= 15 is 0 Å². The molecule has 0 amide bonds. The van der Waals surface area contributed by atoms with Gasteiger partial charge in [0.2, 0.25) is 0 Å². The van der Waals surface area contributed by atoms with Crippen molar-refractivity contribution in [3.63, 3.8) is 0 Å². The molecule has 12 heavy (non-hydrogen) atoms. The fraction of sp³-hybridized carbons (Fsp3) is 0.300. The van der Waals surface area contributed by atoms with Gasteiger partial charge >= 0.3 is 0 Å². The highest BCUT2D eigenvalue weighted by molar-refractivity contribution is 9.08. The fourth-order valence-corrected chi connectivity index (χ4v) is 2.19. The van der Waals surface area contributed by atoms with E-state index in [1.165, 1.54) is 16.7 Å². The largest absolute Gasteiger partial charge is 0.298 e. The molecule has 1 rings (SSSR count). The predicted octanol–water partition coefficient (Wildman–Crippen LogP) is 3.01. The molecule has 0 saturated heterocycles. The van der Waals surface area contributed by atoms with Crippen LogP contribution in [-0.2, 0) is 5.33 Å². The summed E-state index contributed by atoms with van der Waals surface area (Å²) in [5.74, 6) is 0. The molecule has 0 fully saturated rings. The lowest BCUT2D eigenvalue weighted by molar-refractivity contribution is 0.112. The number of hydrogen-bond acceptors (Lipinski definition) is 1. The second-order valence-corrected chi connectivity index (χ2v) is 3.45. The maximum Gasteiger partial charge on any atom is 0.150 e. The minimum atomic E-state index is 0.759. The molecule has 0 spiro atoms. The van der Waals surface area contributed by atoms with Crippen LogP contribution in [0.25, 0.3) is 0 Å². The highest BCUT2D eigenvalue weighted by atomic mass is 79.9. The van der Waals surface area contributed by atoms with Crippen LogP contribution in [-0.4, -0.2) is 6.29 Å². The summed E-state index contributed by atoms with van der Waals surface area (Å²) in [4.78, 5) is 10.5. The Bertz CT molecular complexity index is 282. The maximum absolute atomic E-state index is 10.5. The Morgan fingerprint density at radius 2 is 1.83 bits per heavy atom. The zero-order valence-corrected chi connectivity index (χ0v) is 8.81. The van der Waals surface area contributed by atoms with Crippen LogP contribution in [0.4, 0.5) is 0 Å². The number of alkyl halides is 1. The average molecular weight is 227 g/mol. The van der Waals surface area contributed by atoms with Crippen LogP contribution in [0.5, 0.6) is 0 Å². The number of aldehydes is 1. The van der Waals surface area contributed by atoms with Crippen molar-refractivity contribution in [2.45, 2.75) is 19.2 Å². The van der Waals surface area contributed by atoms with E-state index in [9.17, 15) is 4.79 Å². The van der Waals surface area contributed by atoms with Gasteiger partial charge in [-0.3, -0.25) is 4.79 Å². The third kappa shape index (κ3) is 1.75. The van der Waals surface area contributed by atoms with E-state index in [2.05, 4.69) is 15.9 Å². The van der Waals surface area contributed by atoms with E-state index in [1.54, 1.807) is 0 Å². The van der Waals surface area contributed by atoms with Crippen molar-refractivity contribution in [2.24, 2.45) is 0 Å². The number of rotatable bonds is 2. The molecule has 1 aromatic carbocycles. The highest BCUT2D eigenvalue weighted by Crippen LogP contribution is 2.18. The zero-order chi connectivity index (χ0) is 9.14. The van der Waals surface area contributed by atoms with Crippen LogP contribution in [0, 0.1) is 13.8 Å². The van der Waals surface area contributed by atoms with Gasteiger partial charge in [0.15, 0.2) is 0 Å². The van der Waals surface area contributed by atoms with Gasteiger partial charge in [-0.1, -0.05) is 15.9 Å².